The van der Waals surface area contributed by atoms with Gasteiger partial charge in [-0.1, -0.05) is 25.5 Å². The molecule has 4 aliphatic carbocycles. The van der Waals surface area contributed by atoms with Crippen LogP contribution in [-0.2, 0) is 6.54 Å². The van der Waals surface area contributed by atoms with Crippen LogP contribution in [0.1, 0.15) is 77.0 Å². The lowest BCUT2D eigenvalue weighted by molar-refractivity contribution is -0.0685. The maximum atomic E-state index is 11.4. The van der Waals surface area contributed by atoms with Gasteiger partial charge in [-0.05, 0) is 93.6 Å². The molecule has 0 bridgehead atoms. The molecule has 1 heterocycles. The number of aryl methyl sites for hydroxylation is 1. The SMILES string of the molecule is CCn1ncc(C=C2CC3C4CC=C5CC(O)CCC5(C)C4CCC3(C)C2O)c1C. The second-order valence-corrected chi connectivity index (χ2v) is 11.0. The van der Waals surface area contributed by atoms with Crippen LogP contribution < -0.4 is 0 Å². The zero-order valence-corrected chi connectivity index (χ0v) is 19.1. The quantitative estimate of drug-likeness (QED) is 0.683. The molecule has 0 saturated heterocycles. The van der Waals surface area contributed by atoms with E-state index in [1.807, 2.05) is 10.9 Å². The predicted octanol–water partition coefficient (Wildman–Crippen LogP) is 4.89. The van der Waals surface area contributed by atoms with Crippen LogP contribution in [0.4, 0.5) is 0 Å². The second kappa shape index (κ2) is 7.06. The van der Waals surface area contributed by atoms with Gasteiger partial charge in [0.2, 0.25) is 0 Å². The molecule has 4 aliphatic rings. The third kappa shape index (κ3) is 2.82. The summed E-state index contributed by atoms with van der Waals surface area (Å²) in [5, 5.41) is 26.1. The van der Waals surface area contributed by atoms with Crippen molar-refractivity contribution in [2.45, 2.75) is 91.4 Å². The molecular weight excluding hydrogens is 372 g/mol. The lowest BCUT2D eigenvalue weighted by atomic mass is 9.48. The van der Waals surface area contributed by atoms with Crippen LogP contribution in [0.15, 0.2) is 23.4 Å². The number of nitrogens with zero attached hydrogens (tertiary/aromatic N) is 2. The Kier molecular flexibility index (Phi) is 4.83. The zero-order valence-electron chi connectivity index (χ0n) is 19.1. The van der Waals surface area contributed by atoms with E-state index < -0.39 is 0 Å². The summed E-state index contributed by atoms with van der Waals surface area (Å²) in [5.41, 5.74) is 5.30. The van der Waals surface area contributed by atoms with E-state index in [0.29, 0.717) is 17.8 Å². The summed E-state index contributed by atoms with van der Waals surface area (Å²) < 4.78 is 2.03. The van der Waals surface area contributed by atoms with Crippen LogP contribution in [0.2, 0.25) is 0 Å². The van der Waals surface area contributed by atoms with Crippen molar-refractivity contribution in [2.75, 3.05) is 0 Å². The highest BCUT2D eigenvalue weighted by Gasteiger charge is 2.59. The highest BCUT2D eigenvalue weighted by atomic mass is 16.3. The number of aromatic nitrogens is 2. The summed E-state index contributed by atoms with van der Waals surface area (Å²) >= 11 is 0. The van der Waals surface area contributed by atoms with Crippen LogP contribution in [0.3, 0.4) is 0 Å². The topological polar surface area (TPSA) is 58.3 Å². The molecule has 164 valence electrons. The molecule has 4 heteroatoms. The van der Waals surface area contributed by atoms with Gasteiger partial charge in [-0.15, -0.1) is 0 Å². The van der Waals surface area contributed by atoms with Crippen molar-refractivity contribution in [3.05, 3.63) is 34.7 Å². The average molecular weight is 411 g/mol. The Morgan fingerprint density at radius 1 is 1.17 bits per heavy atom. The van der Waals surface area contributed by atoms with Crippen molar-refractivity contribution in [3.63, 3.8) is 0 Å². The summed E-state index contributed by atoms with van der Waals surface area (Å²) in [7, 11) is 0. The smallest absolute Gasteiger partial charge is 0.0809 e. The molecule has 5 rings (SSSR count). The number of aliphatic hydroxyl groups excluding tert-OH is 2. The van der Waals surface area contributed by atoms with E-state index in [1.54, 1.807) is 0 Å². The summed E-state index contributed by atoms with van der Waals surface area (Å²) in [6.07, 6.45) is 13.5. The first-order valence-corrected chi connectivity index (χ1v) is 12.1. The number of allylic oxidation sites excluding steroid dienone is 1. The molecule has 0 amide bonds. The number of hydrogen-bond donors (Lipinski definition) is 2. The Bertz CT molecular complexity index is 899. The van der Waals surface area contributed by atoms with Crippen molar-refractivity contribution in [3.8, 4) is 0 Å². The normalized spacial score (nSPS) is 44.4. The first-order valence-electron chi connectivity index (χ1n) is 12.1. The van der Waals surface area contributed by atoms with Gasteiger partial charge >= 0.3 is 0 Å². The van der Waals surface area contributed by atoms with E-state index in [-0.39, 0.29) is 23.0 Å². The van der Waals surface area contributed by atoms with Gasteiger partial charge < -0.3 is 10.2 Å². The summed E-state index contributed by atoms with van der Waals surface area (Å²) in [4.78, 5) is 0. The van der Waals surface area contributed by atoms with Gasteiger partial charge in [0.15, 0.2) is 0 Å². The Morgan fingerprint density at radius 3 is 2.70 bits per heavy atom. The van der Waals surface area contributed by atoms with Crippen LogP contribution in [-0.4, -0.2) is 32.2 Å². The summed E-state index contributed by atoms with van der Waals surface area (Å²) in [5.74, 6) is 1.88. The van der Waals surface area contributed by atoms with Gasteiger partial charge in [0.25, 0.3) is 0 Å². The van der Waals surface area contributed by atoms with Gasteiger partial charge in [-0.3, -0.25) is 4.68 Å². The van der Waals surface area contributed by atoms with Gasteiger partial charge in [0.1, 0.15) is 0 Å². The number of aliphatic hydroxyl groups is 2. The van der Waals surface area contributed by atoms with E-state index in [1.165, 1.54) is 23.3 Å². The molecule has 1 aromatic heterocycles. The fourth-order valence-corrected chi connectivity index (χ4v) is 7.76. The molecule has 7 atom stereocenters. The molecule has 3 saturated carbocycles. The second-order valence-electron chi connectivity index (χ2n) is 11.0. The average Bonchev–Trinajstić information content (AvgIpc) is 3.20. The molecule has 0 radical (unpaired) electrons. The monoisotopic (exact) mass is 410 g/mol. The van der Waals surface area contributed by atoms with Gasteiger partial charge in [-0.2, -0.15) is 5.10 Å². The van der Waals surface area contributed by atoms with Crippen molar-refractivity contribution < 1.29 is 10.2 Å². The Labute approximate surface area is 181 Å². The van der Waals surface area contributed by atoms with Crippen molar-refractivity contribution >= 4 is 6.08 Å². The van der Waals surface area contributed by atoms with Crippen molar-refractivity contribution in [1.82, 2.24) is 9.78 Å². The largest absolute Gasteiger partial charge is 0.393 e. The molecule has 30 heavy (non-hydrogen) atoms. The molecule has 0 aromatic carbocycles. The first kappa shape index (κ1) is 20.5. The number of rotatable bonds is 2. The first-order chi connectivity index (χ1) is 14.3. The third-order valence-corrected chi connectivity index (χ3v) is 9.73. The fourth-order valence-electron chi connectivity index (χ4n) is 7.76. The van der Waals surface area contributed by atoms with Crippen LogP contribution in [0.5, 0.6) is 0 Å². The molecule has 0 spiro atoms. The van der Waals surface area contributed by atoms with Crippen LogP contribution >= 0.6 is 0 Å². The molecular formula is C26H38N2O2. The summed E-state index contributed by atoms with van der Waals surface area (Å²) in [6, 6.07) is 0. The van der Waals surface area contributed by atoms with Crippen LogP contribution in [0, 0.1) is 35.5 Å². The predicted molar refractivity (Wildman–Crippen MR) is 120 cm³/mol. The molecule has 4 nitrogen and oxygen atoms in total. The zero-order chi connectivity index (χ0) is 21.3. The molecule has 2 N–H and O–H groups in total. The lowest BCUT2D eigenvalue weighted by Crippen LogP contribution is -2.51. The maximum Gasteiger partial charge on any atom is 0.0809 e. The van der Waals surface area contributed by atoms with Gasteiger partial charge in [0.05, 0.1) is 18.4 Å². The molecule has 3 fully saturated rings. The number of fused-ring (bicyclic) bond motifs is 5. The highest BCUT2D eigenvalue weighted by molar-refractivity contribution is 5.57. The van der Waals surface area contributed by atoms with Crippen LogP contribution in [0.25, 0.3) is 6.08 Å². The Morgan fingerprint density at radius 2 is 1.97 bits per heavy atom. The third-order valence-electron chi connectivity index (χ3n) is 9.73. The van der Waals surface area contributed by atoms with E-state index in [9.17, 15) is 10.2 Å². The highest BCUT2D eigenvalue weighted by Crippen LogP contribution is 2.65. The fraction of sp³-hybridized carbons (Fsp3) is 0.731. The minimum atomic E-state index is -0.348. The minimum absolute atomic E-state index is 0.0163. The maximum absolute atomic E-state index is 11.4. The van der Waals surface area contributed by atoms with Gasteiger partial charge in [0, 0.05) is 23.2 Å². The van der Waals surface area contributed by atoms with Gasteiger partial charge in [-0.25, -0.2) is 0 Å². The Balaban J connectivity index is 1.47. The molecule has 7 unspecified atom stereocenters. The van der Waals surface area contributed by atoms with E-state index in [0.717, 1.165) is 50.6 Å². The summed E-state index contributed by atoms with van der Waals surface area (Å²) in [6.45, 7) is 9.93. The van der Waals surface area contributed by atoms with E-state index >= 15 is 0 Å². The van der Waals surface area contributed by atoms with E-state index in [4.69, 9.17) is 0 Å². The number of hydrogen-bond acceptors (Lipinski definition) is 3. The van der Waals surface area contributed by atoms with Crippen molar-refractivity contribution in [1.29, 1.82) is 0 Å². The van der Waals surface area contributed by atoms with E-state index in [2.05, 4.69) is 44.9 Å². The molecule has 0 aliphatic heterocycles. The standard InChI is InChI=1S/C26H38N2O2/c1-5-28-16(2)18(15-27-28)12-17-13-23-21-7-6-19-14-20(29)8-10-25(19,3)22(21)9-11-26(23,4)24(17)30/h6,12,15,20-24,29-30H,5,7-11,13-14H2,1-4H3. The lowest BCUT2D eigenvalue weighted by Gasteiger charge is -2.57. The minimum Gasteiger partial charge on any atom is -0.393 e. The molecule has 1 aromatic rings. The Hall–Kier alpha value is -1.39. The van der Waals surface area contributed by atoms with Crippen molar-refractivity contribution in [2.24, 2.45) is 28.6 Å².